The van der Waals surface area contributed by atoms with Gasteiger partial charge in [-0.05, 0) is 56.8 Å². The first-order chi connectivity index (χ1) is 11.5. The molecular weight excluding hydrogens is 298 g/mol. The molecule has 1 fully saturated rings. The van der Waals surface area contributed by atoms with Gasteiger partial charge in [0, 0.05) is 38.4 Å². The average molecular weight is 327 g/mol. The van der Waals surface area contributed by atoms with E-state index in [1.165, 1.54) is 22.3 Å². The van der Waals surface area contributed by atoms with Crippen molar-refractivity contribution in [1.82, 2.24) is 14.5 Å². The minimum absolute atomic E-state index is 0.255. The number of hydrogen-bond donors (Lipinski definition) is 1. The van der Waals surface area contributed by atoms with Gasteiger partial charge in [0.25, 0.3) is 0 Å². The van der Waals surface area contributed by atoms with Crippen LogP contribution < -0.4 is 0 Å². The fraction of sp³-hybridized carbons (Fsp3) is 0.550. The number of aliphatic hydroxyl groups excluding tert-OH is 1. The van der Waals surface area contributed by atoms with E-state index in [1.54, 1.807) is 6.20 Å². The van der Waals surface area contributed by atoms with Gasteiger partial charge in [0.05, 0.1) is 0 Å². The van der Waals surface area contributed by atoms with Crippen LogP contribution in [0.15, 0.2) is 24.5 Å². The summed E-state index contributed by atoms with van der Waals surface area (Å²) in [5, 5.41) is 10.7. The highest BCUT2D eigenvalue weighted by Gasteiger charge is 2.29. The number of aromatic nitrogens is 2. The number of hydrogen-bond acceptors (Lipinski definition) is 3. The first-order valence-corrected chi connectivity index (χ1v) is 8.90. The van der Waals surface area contributed by atoms with Gasteiger partial charge in [-0.25, -0.2) is 4.98 Å². The summed E-state index contributed by atoms with van der Waals surface area (Å²) in [6.07, 6.45) is 5.39. The zero-order chi connectivity index (χ0) is 17.3. The lowest BCUT2D eigenvalue weighted by Gasteiger charge is -2.35. The van der Waals surface area contributed by atoms with E-state index >= 15 is 0 Å². The van der Waals surface area contributed by atoms with Gasteiger partial charge in [-0.1, -0.05) is 17.7 Å². The van der Waals surface area contributed by atoms with Gasteiger partial charge in [-0.2, -0.15) is 0 Å². The Labute approximate surface area is 145 Å². The molecule has 1 aromatic carbocycles. The topological polar surface area (TPSA) is 41.3 Å². The van der Waals surface area contributed by atoms with Crippen LogP contribution in [0.5, 0.6) is 0 Å². The molecule has 2 heterocycles. The lowest BCUT2D eigenvalue weighted by atomic mass is 9.91. The van der Waals surface area contributed by atoms with Crippen LogP contribution in [0.25, 0.3) is 0 Å². The molecule has 130 valence electrons. The maximum Gasteiger partial charge on any atom is 0.137 e. The lowest BCUT2D eigenvalue weighted by molar-refractivity contribution is 0.0404. The van der Waals surface area contributed by atoms with Crippen LogP contribution in [-0.4, -0.2) is 32.6 Å². The van der Waals surface area contributed by atoms with Gasteiger partial charge in [0.2, 0.25) is 0 Å². The first-order valence-electron chi connectivity index (χ1n) is 8.90. The molecule has 2 unspecified atom stereocenters. The summed E-state index contributed by atoms with van der Waals surface area (Å²) in [4.78, 5) is 6.82. The normalized spacial score (nSPS) is 20.3. The Balaban J connectivity index is 1.71. The van der Waals surface area contributed by atoms with Crippen LogP contribution in [0.4, 0.5) is 0 Å². The largest absolute Gasteiger partial charge is 0.385 e. The standard InChI is InChI=1S/C20H29N3O/c1-14-10-15(2)18(16(3)11-14)13-23-8-5-6-17(12-23)19(24)20-21-7-9-22(20)4/h7,9-11,17,19,24H,5-6,8,12-13H2,1-4H3. The van der Waals surface area contributed by atoms with Crippen molar-refractivity contribution in [2.24, 2.45) is 13.0 Å². The zero-order valence-corrected chi connectivity index (χ0v) is 15.3. The van der Waals surface area contributed by atoms with E-state index in [0.717, 1.165) is 38.3 Å². The van der Waals surface area contributed by atoms with Crippen molar-refractivity contribution < 1.29 is 5.11 Å². The van der Waals surface area contributed by atoms with Crippen LogP contribution in [-0.2, 0) is 13.6 Å². The highest BCUT2D eigenvalue weighted by atomic mass is 16.3. The number of nitrogens with zero attached hydrogens (tertiary/aromatic N) is 3. The second-order valence-corrected chi connectivity index (χ2v) is 7.36. The van der Waals surface area contributed by atoms with Gasteiger partial charge in [0.1, 0.15) is 11.9 Å². The summed E-state index contributed by atoms with van der Waals surface area (Å²) in [5.74, 6) is 1.04. The highest BCUT2D eigenvalue weighted by Crippen LogP contribution is 2.30. The fourth-order valence-corrected chi connectivity index (χ4v) is 4.05. The molecule has 0 amide bonds. The number of aliphatic hydroxyl groups is 1. The average Bonchev–Trinajstić information content (AvgIpc) is 2.96. The molecule has 4 heteroatoms. The number of aryl methyl sites for hydroxylation is 4. The summed E-state index contributed by atoms with van der Waals surface area (Å²) in [7, 11) is 1.95. The molecule has 2 aromatic rings. The van der Waals surface area contributed by atoms with E-state index < -0.39 is 6.10 Å². The maximum atomic E-state index is 10.7. The molecule has 2 atom stereocenters. The van der Waals surface area contributed by atoms with Crippen molar-refractivity contribution in [3.05, 3.63) is 52.6 Å². The lowest BCUT2D eigenvalue weighted by Crippen LogP contribution is -2.38. The van der Waals surface area contributed by atoms with E-state index in [4.69, 9.17) is 0 Å². The first kappa shape index (κ1) is 17.2. The molecule has 0 saturated carbocycles. The van der Waals surface area contributed by atoms with Gasteiger partial charge in [-0.3, -0.25) is 4.90 Å². The van der Waals surface area contributed by atoms with Gasteiger partial charge >= 0.3 is 0 Å². The molecule has 1 aromatic heterocycles. The van der Waals surface area contributed by atoms with Crippen molar-refractivity contribution in [1.29, 1.82) is 0 Å². The Hall–Kier alpha value is -1.65. The Bertz CT molecular complexity index is 684. The van der Waals surface area contributed by atoms with Crippen molar-refractivity contribution in [2.75, 3.05) is 13.1 Å². The summed E-state index contributed by atoms with van der Waals surface area (Å²) >= 11 is 0. The van der Waals surface area contributed by atoms with Gasteiger partial charge in [0.15, 0.2) is 0 Å². The molecule has 0 radical (unpaired) electrons. The molecule has 3 rings (SSSR count). The van der Waals surface area contributed by atoms with Gasteiger partial charge < -0.3 is 9.67 Å². The van der Waals surface area contributed by atoms with Crippen LogP contribution >= 0.6 is 0 Å². The van der Waals surface area contributed by atoms with Crippen LogP contribution in [0.2, 0.25) is 0 Å². The second kappa shape index (κ2) is 7.08. The molecule has 1 N–H and O–H groups in total. The molecule has 1 saturated heterocycles. The summed E-state index contributed by atoms with van der Waals surface area (Å²) in [6, 6.07) is 4.54. The summed E-state index contributed by atoms with van der Waals surface area (Å²) < 4.78 is 1.93. The van der Waals surface area contributed by atoms with Gasteiger partial charge in [-0.15, -0.1) is 0 Å². The number of rotatable bonds is 4. The molecule has 0 spiro atoms. The maximum absolute atomic E-state index is 10.7. The smallest absolute Gasteiger partial charge is 0.137 e. The van der Waals surface area contributed by atoms with E-state index in [-0.39, 0.29) is 5.92 Å². The monoisotopic (exact) mass is 327 g/mol. The Kier molecular flexibility index (Phi) is 5.07. The number of imidazole rings is 1. The molecule has 24 heavy (non-hydrogen) atoms. The minimum Gasteiger partial charge on any atom is -0.385 e. The van der Waals surface area contributed by atoms with E-state index in [9.17, 15) is 5.11 Å². The van der Waals surface area contributed by atoms with E-state index in [2.05, 4.69) is 42.8 Å². The molecule has 0 aliphatic carbocycles. The van der Waals surface area contributed by atoms with Crippen molar-refractivity contribution >= 4 is 0 Å². The summed E-state index contributed by atoms with van der Waals surface area (Å²) in [6.45, 7) is 9.59. The number of likely N-dealkylation sites (tertiary alicyclic amines) is 1. The predicted molar refractivity (Wildman–Crippen MR) is 96.8 cm³/mol. The van der Waals surface area contributed by atoms with Crippen molar-refractivity contribution in [3.63, 3.8) is 0 Å². The third-order valence-corrected chi connectivity index (χ3v) is 5.33. The molecule has 4 nitrogen and oxygen atoms in total. The SMILES string of the molecule is Cc1cc(C)c(CN2CCCC(C(O)c3nccn3C)C2)c(C)c1. The van der Waals surface area contributed by atoms with Crippen LogP contribution in [0.3, 0.4) is 0 Å². The van der Waals surface area contributed by atoms with Crippen LogP contribution in [0, 0.1) is 26.7 Å². The van der Waals surface area contributed by atoms with E-state index in [0.29, 0.717) is 0 Å². The number of piperidine rings is 1. The molecule has 1 aliphatic heterocycles. The van der Waals surface area contributed by atoms with Crippen molar-refractivity contribution in [3.8, 4) is 0 Å². The van der Waals surface area contributed by atoms with Crippen LogP contribution in [0.1, 0.15) is 47.0 Å². The Morgan fingerprint density at radius 3 is 2.58 bits per heavy atom. The third-order valence-electron chi connectivity index (χ3n) is 5.33. The zero-order valence-electron chi connectivity index (χ0n) is 15.3. The highest BCUT2D eigenvalue weighted by molar-refractivity contribution is 5.37. The molecule has 0 bridgehead atoms. The molecular formula is C20H29N3O. The molecule has 1 aliphatic rings. The second-order valence-electron chi connectivity index (χ2n) is 7.36. The Morgan fingerprint density at radius 2 is 1.96 bits per heavy atom. The minimum atomic E-state index is -0.479. The van der Waals surface area contributed by atoms with E-state index in [1.807, 2.05) is 17.8 Å². The summed E-state index contributed by atoms with van der Waals surface area (Å²) in [5.41, 5.74) is 5.52. The third kappa shape index (κ3) is 3.55. The Morgan fingerprint density at radius 1 is 1.25 bits per heavy atom. The number of benzene rings is 1. The predicted octanol–water partition coefficient (Wildman–Crippen LogP) is 3.29. The quantitative estimate of drug-likeness (QED) is 0.937. The fourth-order valence-electron chi connectivity index (χ4n) is 4.05. The van der Waals surface area contributed by atoms with Crippen molar-refractivity contribution in [2.45, 2.75) is 46.3 Å².